The number of likely N-dealkylation sites (tertiary alicyclic amines) is 2. The number of methoxy groups -OCH3 is 1. The number of carbonyl (C=O) groups excluding carboxylic acids is 2. The maximum Gasteiger partial charge on any atom is 0.225 e. The molecule has 0 aromatic rings. The molecule has 0 aromatic heterocycles. The summed E-state index contributed by atoms with van der Waals surface area (Å²) >= 11 is 0. The SMILES string of the molecule is COCCN1CC2(CCC1=O)CCN(C(=O)CC1(O)CCC1)CC2. The van der Waals surface area contributed by atoms with Crippen LogP contribution < -0.4 is 0 Å². The first kappa shape index (κ1) is 17.7. The zero-order valence-electron chi connectivity index (χ0n) is 14.8. The molecule has 0 bridgehead atoms. The molecule has 2 saturated heterocycles. The van der Waals surface area contributed by atoms with Crippen molar-refractivity contribution in [1.82, 2.24) is 9.80 Å². The Hall–Kier alpha value is -1.14. The molecule has 6 nitrogen and oxygen atoms in total. The van der Waals surface area contributed by atoms with Crippen molar-refractivity contribution in [2.75, 3.05) is 39.9 Å². The number of hydrogen-bond donors (Lipinski definition) is 1. The average molecular weight is 338 g/mol. The van der Waals surface area contributed by atoms with E-state index in [0.717, 1.165) is 58.2 Å². The van der Waals surface area contributed by atoms with Crippen molar-refractivity contribution < 1.29 is 19.4 Å². The standard InChI is InChI=1S/C18H30N2O4/c1-24-12-11-20-14-17(6-3-15(20)21)7-9-19(10-8-17)16(22)13-18(23)4-2-5-18/h23H,2-14H2,1H3. The molecular formula is C18H30N2O4. The third kappa shape index (κ3) is 3.75. The second-order valence-corrected chi connectivity index (χ2v) is 7.94. The molecule has 0 aromatic carbocycles. The van der Waals surface area contributed by atoms with Gasteiger partial charge in [0.25, 0.3) is 0 Å². The highest BCUT2D eigenvalue weighted by atomic mass is 16.5. The highest BCUT2D eigenvalue weighted by Gasteiger charge is 2.43. The lowest BCUT2D eigenvalue weighted by molar-refractivity contribution is -0.147. The molecule has 6 heteroatoms. The molecule has 136 valence electrons. The lowest BCUT2D eigenvalue weighted by Gasteiger charge is -2.48. The van der Waals surface area contributed by atoms with E-state index in [0.29, 0.717) is 19.6 Å². The van der Waals surface area contributed by atoms with Crippen LogP contribution in [0.25, 0.3) is 0 Å². The highest BCUT2D eigenvalue weighted by molar-refractivity contribution is 5.78. The lowest BCUT2D eigenvalue weighted by Crippen LogP contribution is -2.53. The minimum absolute atomic E-state index is 0.0928. The van der Waals surface area contributed by atoms with E-state index in [1.54, 1.807) is 7.11 Å². The van der Waals surface area contributed by atoms with Crippen LogP contribution in [-0.2, 0) is 14.3 Å². The van der Waals surface area contributed by atoms with Crippen LogP contribution in [0.1, 0.15) is 51.4 Å². The number of rotatable bonds is 5. The summed E-state index contributed by atoms with van der Waals surface area (Å²) in [6.07, 6.45) is 6.26. The number of piperidine rings is 2. The first-order valence-electron chi connectivity index (χ1n) is 9.22. The number of amides is 2. The van der Waals surface area contributed by atoms with Gasteiger partial charge in [0.15, 0.2) is 0 Å². The zero-order valence-corrected chi connectivity index (χ0v) is 14.8. The van der Waals surface area contributed by atoms with Gasteiger partial charge in [-0.1, -0.05) is 0 Å². The zero-order chi connectivity index (χ0) is 17.2. The van der Waals surface area contributed by atoms with Crippen LogP contribution in [0.3, 0.4) is 0 Å². The molecule has 0 unspecified atom stereocenters. The quantitative estimate of drug-likeness (QED) is 0.817. The Kier molecular flexibility index (Phi) is 5.16. The molecule has 0 atom stereocenters. The smallest absolute Gasteiger partial charge is 0.225 e. The van der Waals surface area contributed by atoms with E-state index >= 15 is 0 Å². The first-order valence-corrected chi connectivity index (χ1v) is 9.22. The van der Waals surface area contributed by atoms with E-state index in [4.69, 9.17) is 4.74 Å². The highest BCUT2D eigenvalue weighted by Crippen LogP contribution is 2.41. The fraction of sp³-hybridized carbons (Fsp3) is 0.889. The fourth-order valence-electron chi connectivity index (χ4n) is 4.30. The molecule has 2 heterocycles. The van der Waals surface area contributed by atoms with Crippen molar-refractivity contribution in [3.63, 3.8) is 0 Å². The Morgan fingerprint density at radius 2 is 1.92 bits per heavy atom. The van der Waals surface area contributed by atoms with Crippen molar-refractivity contribution >= 4 is 11.8 Å². The molecule has 3 fully saturated rings. The van der Waals surface area contributed by atoms with E-state index in [-0.39, 0.29) is 23.7 Å². The molecule has 1 spiro atoms. The molecule has 1 saturated carbocycles. The summed E-state index contributed by atoms with van der Waals surface area (Å²) in [7, 11) is 1.66. The fourth-order valence-corrected chi connectivity index (χ4v) is 4.30. The van der Waals surface area contributed by atoms with Gasteiger partial charge in [-0.25, -0.2) is 0 Å². The van der Waals surface area contributed by atoms with Gasteiger partial charge in [0.1, 0.15) is 0 Å². The Bertz CT molecular complexity index is 481. The summed E-state index contributed by atoms with van der Waals surface area (Å²) in [5, 5.41) is 10.2. The monoisotopic (exact) mass is 338 g/mol. The maximum atomic E-state index is 12.4. The van der Waals surface area contributed by atoms with Crippen LogP contribution in [-0.4, -0.2) is 72.2 Å². The molecule has 3 aliphatic rings. The van der Waals surface area contributed by atoms with Crippen LogP contribution in [0.15, 0.2) is 0 Å². The van der Waals surface area contributed by atoms with Crippen LogP contribution >= 0.6 is 0 Å². The second-order valence-electron chi connectivity index (χ2n) is 7.94. The van der Waals surface area contributed by atoms with Crippen molar-refractivity contribution in [1.29, 1.82) is 0 Å². The molecule has 0 radical (unpaired) electrons. The van der Waals surface area contributed by atoms with E-state index in [1.807, 2.05) is 9.80 Å². The van der Waals surface area contributed by atoms with E-state index in [2.05, 4.69) is 0 Å². The van der Waals surface area contributed by atoms with E-state index in [1.165, 1.54) is 0 Å². The van der Waals surface area contributed by atoms with Crippen LogP contribution in [0, 0.1) is 5.41 Å². The summed E-state index contributed by atoms with van der Waals surface area (Å²) in [6, 6.07) is 0. The van der Waals surface area contributed by atoms with Gasteiger partial charge < -0.3 is 19.6 Å². The van der Waals surface area contributed by atoms with Gasteiger partial charge in [0.05, 0.1) is 18.6 Å². The number of hydrogen-bond acceptors (Lipinski definition) is 4. The van der Waals surface area contributed by atoms with Crippen molar-refractivity contribution in [3.05, 3.63) is 0 Å². The molecule has 1 aliphatic carbocycles. The number of aliphatic hydroxyl groups is 1. The Labute approximate surface area is 144 Å². The second kappa shape index (κ2) is 7.00. The molecule has 24 heavy (non-hydrogen) atoms. The number of ether oxygens (including phenoxy) is 1. The summed E-state index contributed by atoms with van der Waals surface area (Å²) in [5.74, 6) is 0.318. The van der Waals surface area contributed by atoms with Crippen molar-refractivity contribution in [3.8, 4) is 0 Å². The van der Waals surface area contributed by atoms with Crippen molar-refractivity contribution in [2.24, 2.45) is 5.41 Å². The lowest BCUT2D eigenvalue weighted by atomic mass is 9.72. The van der Waals surface area contributed by atoms with Gasteiger partial charge in [0.2, 0.25) is 11.8 Å². The average Bonchev–Trinajstić information content (AvgIpc) is 2.55. The minimum Gasteiger partial charge on any atom is -0.389 e. The minimum atomic E-state index is -0.736. The summed E-state index contributed by atoms with van der Waals surface area (Å²) in [4.78, 5) is 28.3. The van der Waals surface area contributed by atoms with Gasteiger partial charge in [-0.2, -0.15) is 0 Å². The maximum absolute atomic E-state index is 12.4. The third-order valence-corrected chi connectivity index (χ3v) is 6.25. The Balaban J connectivity index is 1.51. The Morgan fingerprint density at radius 3 is 2.50 bits per heavy atom. The largest absolute Gasteiger partial charge is 0.389 e. The summed E-state index contributed by atoms with van der Waals surface area (Å²) < 4.78 is 5.11. The van der Waals surface area contributed by atoms with Crippen molar-refractivity contribution in [2.45, 2.75) is 57.0 Å². The van der Waals surface area contributed by atoms with Gasteiger partial charge in [0, 0.05) is 39.7 Å². The van der Waals surface area contributed by atoms with Gasteiger partial charge in [-0.05, 0) is 43.9 Å². The molecular weight excluding hydrogens is 308 g/mol. The number of nitrogens with zero attached hydrogens (tertiary/aromatic N) is 2. The van der Waals surface area contributed by atoms with Crippen LogP contribution in [0.4, 0.5) is 0 Å². The molecule has 1 N–H and O–H groups in total. The third-order valence-electron chi connectivity index (χ3n) is 6.25. The topological polar surface area (TPSA) is 70.1 Å². The van der Waals surface area contributed by atoms with Gasteiger partial charge in [-0.3, -0.25) is 9.59 Å². The normalized spacial score (nSPS) is 25.7. The molecule has 2 amide bonds. The van der Waals surface area contributed by atoms with E-state index in [9.17, 15) is 14.7 Å². The predicted octanol–water partition coefficient (Wildman–Crippen LogP) is 1.17. The summed E-state index contributed by atoms with van der Waals surface area (Å²) in [5.41, 5.74) is -0.577. The van der Waals surface area contributed by atoms with E-state index < -0.39 is 5.60 Å². The van der Waals surface area contributed by atoms with Gasteiger partial charge in [-0.15, -0.1) is 0 Å². The van der Waals surface area contributed by atoms with Crippen LogP contribution in [0.2, 0.25) is 0 Å². The van der Waals surface area contributed by atoms with Gasteiger partial charge >= 0.3 is 0 Å². The summed E-state index contributed by atoms with van der Waals surface area (Å²) in [6.45, 7) is 3.53. The molecule has 3 rings (SSSR count). The predicted molar refractivity (Wildman–Crippen MR) is 89.4 cm³/mol. The number of carbonyl (C=O) groups is 2. The Morgan fingerprint density at radius 1 is 1.21 bits per heavy atom. The molecule has 2 aliphatic heterocycles. The first-order chi connectivity index (χ1) is 11.5. The van der Waals surface area contributed by atoms with Crippen LogP contribution in [0.5, 0.6) is 0 Å².